The molecule has 0 bridgehead atoms. The fraction of sp³-hybridized carbons (Fsp3) is 0.400. The minimum absolute atomic E-state index is 0.364. The summed E-state index contributed by atoms with van der Waals surface area (Å²) in [6, 6.07) is 7.55. The first kappa shape index (κ1) is 9.65. The van der Waals surface area contributed by atoms with Crippen LogP contribution < -0.4 is 0 Å². The normalized spacial score (nSPS) is 10.6. The maximum absolute atomic E-state index is 9.04. The van der Waals surface area contributed by atoms with Gasteiger partial charge in [-0.3, -0.25) is 0 Å². The predicted octanol–water partition coefficient (Wildman–Crippen LogP) is 2.69. The fourth-order valence-corrected chi connectivity index (χ4v) is 2.71. The molecule has 1 radical (unpaired) electrons. The molecule has 1 aromatic carbocycles. The summed E-state index contributed by atoms with van der Waals surface area (Å²) in [5, 5.41) is 10.4. The predicted molar refractivity (Wildman–Crippen MR) is 54.1 cm³/mol. The van der Waals surface area contributed by atoms with Gasteiger partial charge in [0.1, 0.15) is 0 Å². The van der Waals surface area contributed by atoms with Crippen LogP contribution in [0.2, 0.25) is 16.8 Å². The van der Waals surface area contributed by atoms with Gasteiger partial charge in [0.05, 0.1) is 0 Å². The molecule has 65 valence electrons. The van der Waals surface area contributed by atoms with Crippen LogP contribution in [0.15, 0.2) is 24.3 Å². The van der Waals surface area contributed by atoms with Gasteiger partial charge < -0.3 is 0 Å². The molecule has 0 fully saturated rings. The summed E-state index contributed by atoms with van der Waals surface area (Å²) in [4.78, 5) is 0. The van der Waals surface area contributed by atoms with E-state index in [0.29, 0.717) is 5.75 Å². The molecule has 12 heavy (non-hydrogen) atoms. The van der Waals surface area contributed by atoms with E-state index in [-0.39, 0.29) is 0 Å². The van der Waals surface area contributed by atoms with Crippen LogP contribution >= 0.6 is 0 Å². The van der Waals surface area contributed by atoms with E-state index in [9.17, 15) is 0 Å². The van der Waals surface area contributed by atoms with Crippen LogP contribution in [0.1, 0.15) is 5.56 Å². The Morgan fingerprint density at radius 1 is 1.17 bits per heavy atom. The van der Waals surface area contributed by atoms with Gasteiger partial charge in [0.15, 0.2) is 0 Å². The first-order valence-electron chi connectivity index (χ1n) is 4.25. The van der Waals surface area contributed by atoms with Crippen LogP contribution in [0, 0.1) is 0 Å². The number of rotatable bonds is 3. The van der Waals surface area contributed by atoms with Crippen LogP contribution in [0.4, 0.5) is 0 Å². The average molecular weight is 224 g/mol. The van der Waals surface area contributed by atoms with Crippen molar-refractivity contribution in [2.75, 3.05) is 0 Å². The maximum atomic E-state index is 9.04. The van der Waals surface area contributed by atoms with Gasteiger partial charge in [0, 0.05) is 0 Å². The molecular formula is C10H15GeO. The molecule has 0 saturated heterocycles. The van der Waals surface area contributed by atoms with Crippen molar-refractivity contribution in [1.29, 1.82) is 0 Å². The van der Waals surface area contributed by atoms with Crippen molar-refractivity contribution in [3.05, 3.63) is 29.8 Å². The standard InChI is InChI=1S/C10H15GeO/c1-11(2)8-7-9-3-5-10(12)6-4-9/h3-6,12H,7-8H2,1-2H3. The molecule has 0 aliphatic rings. The van der Waals surface area contributed by atoms with Crippen molar-refractivity contribution in [2.45, 2.75) is 23.2 Å². The number of hydrogen-bond donors (Lipinski definition) is 1. The van der Waals surface area contributed by atoms with Gasteiger partial charge in [0.25, 0.3) is 0 Å². The van der Waals surface area contributed by atoms with Gasteiger partial charge in [-0.1, -0.05) is 0 Å². The summed E-state index contributed by atoms with van der Waals surface area (Å²) in [6.45, 7) is 0. The molecule has 0 saturated carbocycles. The topological polar surface area (TPSA) is 20.2 Å². The zero-order valence-electron chi connectivity index (χ0n) is 7.67. The molecule has 0 aromatic heterocycles. The van der Waals surface area contributed by atoms with Crippen LogP contribution in [-0.2, 0) is 6.42 Å². The van der Waals surface area contributed by atoms with Crippen molar-refractivity contribution in [1.82, 2.24) is 0 Å². The van der Waals surface area contributed by atoms with Crippen molar-refractivity contribution < 1.29 is 5.11 Å². The molecule has 2 heteroatoms. The number of aryl methyl sites for hydroxylation is 1. The van der Waals surface area contributed by atoms with E-state index in [4.69, 9.17) is 5.11 Å². The number of phenols is 1. The zero-order valence-corrected chi connectivity index (χ0v) is 9.77. The summed E-state index contributed by atoms with van der Waals surface area (Å²) in [5.74, 6) is 5.14. The number of aromatic hydroxyl groups is 1. The van der Waals surface area contributed by atoms with Crippen molar-refractivity contribution in [2.24, 2.45) is 0 Å². The van der Waals surface area contributed by atoms with Crippen LogP contribution in [0.5, 0.6) is 5.75 Å². The van der Waals surface area contributed by atoms with E-state index in [1.165, 1.54) is 17.2 Å². The summed E-state index contributed by atoms with van der Waals surface area (Å²) in [5.41, 5.74) is 1.35. The monoisotopic (exact) mass is 225 g/mol. The van der Waals surface area contributed by atoms with Crippen molar-refractivity contribution in [3.63, 3.8) is 0 Å². The number of hydrogen-bond acceptors (Lipinski definition) is 1. The molecule has 0 atom stereocenters. The van der Waals surface area contributed by atoms with Gasteiger partial charge in [-0.25, -0.2) is 0 Å². The van der Waals surface area contributed by atoms with Crippen LogP contribution in [-0.4, -0.2) is 19.5 Å². The van der Waals surface area contributed by atoms with E-state index < -0.39 is 14.3 Å². The van der Waals surface area contributed by atoms with Crippen molar-refractivity contribution in [3.8, 4) is 5.75 Å². The third-order valence-electron chi connectivity index (χ3n) is 1.85. The van der Waals surface area contributed by atoms with E-state index in [2.05, 4.69) is 11.5 Å². The summed E-state index contributed by atoms with van der Waals surface area (Å²) >= 11 is -0.648. The van der Waals surface area contributed by atoms with Crippen molar-refractivity contribution >= 4 is 14.3 Å². The van der Waals surface area contributed by atoms with E-state index in [1.807, 2.05) is 12.1 Å². The summed E-state index contributed by atoms with van der Waals surface area (Å²) in [6.07, 6.45) is 1.18. The molecule has 0 spiro atoms. The zero-order chi connectivity index (χ0) is 8.97. The van der Waals surface area contributed by atoms with Gasteiger partial charge >= 0.3 is 78.2 Å². The van der Waals surface area contributed by atoms with Gasteiger partial charge in [-0.05, 0) is 0 Å². The Morgan fingerprint density at radius 2 is 1.75 bits per heavy atom. The van der Waals surface area contributed by atoms with Crippen LogP contribution in [0.3, 0.4) is 0 Å². The number of phenolic OH excluding ortho intramolecular Hbond substituents is 1. The first-order valence-corrected chi connectivity index (χ1v) is 9.93. The SMILES string of the molecule is [CH3][Ge]([CH3])[CH2]Cc1ccc(O)cc1. The molecular weight excluding hydrogens is 209 g/mol. The Kier molecular flexibility index (Phi) is 3.66. The molecule has 0 amide bonds. The quantitative estimate of drug-likeness (QED) is 0.782. The minimum atomic E-state index is -0.648. The van der Waals surface area contributed by atoms with Gasteiger partial charge in [0.2, 0.25) is 0 Å². The second-order valence-electron chi connectivity index (χ2n) is 3.37. The molecule has 1 rings (SSSR count). The van der Waals surface area contributed by atoms with Gasteiger partial charge in [-0.2, -0.15) is 0 Å². The molecule has 0 aliphatic heterocycles. The summed E-state index contributed by atoms with van der Waals surface area (Å²) < 4.78 is 0. The molecule has 0 aliphatic carbocycles. The van der Waals surface area contributed by atoms with E-state index in [1.54, 1.807) is 12.1 Å². The Morgan fingerprint density at radius 3 is 2.25 bits per heavy atom. The molecule has 0 heterocycles. The Labute approximate surface area is 78.5 Å². The third kappa shape index (κ3) is 3.31. The second-order valence-corrected chi connectivity index (χ2v) is 9.49. The Balaban J connectivity index is 2.48. The fourth-order valence-electron chi connectivity index (χ4n) is 1.06. The Bertz CT molecular complexity index is 228. The van der Waals surface area contributed by atoms with Crippen LogP contribution in [0.25, 0.3) is 0 Å². The summed E-state index contributed by atoms with van der Waals surface area (Å²) in [7, 11) is 0. The number of benzene rings is 1. The Hall–Kier alpha value is -0.437. The van der Waals surface area contributed by atoms with E-state index in [0.717, 1.165) is 0 Å². The molecule has 1 N–H and O–H groups in total. The van der Waals surface area contributed by atoms with E-state index >= 15 is 0 Å². The molecule has 1 aromatic rings. The average Bonchev–Trinajstić information content (AvgIpc) is 2.03. The third-order valence-corrected chi connectivity index (χ3v) is 4.47. The molecule has 0 unspecified atom stereocenters. The molecule has 1 nitrogen and oxygen atoms in total. The second kappa shape index (κ2) is 4.55. The first-order chi connectivity index (χ1) is 5.68. The van der Waals surface area contributed by atoms with Gasteiger partial charge in [-0.15, -0.1) is 0 Å².